The maximum Gasteiger partial charge on any atom is 0.318 e. The number of rotatable bonds is 6. The lowest BCUT2D eigenvalue weighted by molar-refractivity contribution is -0.137. The van der Waals surface area contributed by atoms with E-state index in [0.29, 0.717) is 0 Å². The number of nitrogens with zero attached hydrogens (tertiary/aromatic N) is 3. The van der Waals surface area contributed by atoms with Crippen LogP contribution in [0.5, 0.6) is 11.8 Å². The molecule has 0 aromatic carbocycles. The molecule has 0 saturated carbocycles. The van der Waals surface area contributed by atoms with Gasteiger partial charge in [-0.05, 0) is 13.8 Å². The van der Waals surface area contributed by atoms with Crippen LogP contribution in [0.3, 0.4) is 0 Å². The van der Waals surface area contributed by atoms with Crippen LogP contribution in [0, 0.1) is 16.7 Å². The van der Waals surface area contributed by atoms with Crippen LogP contribution in [0.2, 0.25) is 0 Å². The van der Waals surface area contributed by atoms with Crippen LogP contribution < -0.4 is 9.47 Å². The number of hydrogen-bond donors (Lipinski definition) is 1. The lowest BCUT2D eigenvalue weighted by Crippen LogP contribution is -2.32. The van der Waals surface area contributed by atoms with E-state index in [0.717, 1.165) is 11.8 Å². The van der Waals surface area contributed by atoms with Gasteiger partial charge in [0.2, 0.25) is 11.8 Å². The van der Waals surface area contributed by atoms with Crippen LogP contribution in [-0.4, -0.2) is 40.5 Å². The first kappa shape index (κ1) is 16.0. The standard InChI is InChI=1S/C12H15N3O4S/c1-12(2,6-13)9(10(16)17)20-11-14-7(18-3)5-8(15-11)19-4/h5,9H,1-4H3,(H,16,17). The Bertz CT molecular complexity index is 520. The van der Waals surface area contributed by atoms with Gasteiger partial charge in [0.15, 0.2) is 5.16 Å². The van der Waals surface area contributed by atoms with E-state index in [1.165, 1.54) is 20.3 Å². The van der Waals surface area contributed by atoms with E-state index < -0.39 is 16.6 Å². The molecule has 1 N–H and O–H groups in total. The van der Waals surface area contributed by atoms with E-state index in [2.05, 4.69) is 9.97 Å². The maximum absolute atomic E-state index is 11.3. The highest BCUT2D eigenvalue weighted by atomic mass is 32.2. The van der Waals surface area contributed by atoms with Gasteiger partial charge in [0.05, 0.1) is 31.8 Å². The minimum atomic E-state index is -1.10. The van der Waals surface area contributed by atoms with Gasteiger partial charge >= 0.3 is 5.97 Å². The summed E-state index contributed by atoms with van der Waals surface area (Å²) in [5, 5.41) is 17.5. The molecule has 0 aliphatic rings. The number of methoxy groups -OCH3 is 2. The van der Waals surface area contributed by atoms with Gasteiger partial charge in [0, 0.05) is 0 Å². The summed E-state index contributed by atoms with van der Waals surface area (Å²) in [5.41, 5.74) is -1.07. The number of thioether (sulfide) groups is 1. The van der Waals surface area contributed by atoms with Gasteiger partial charge in [-0.1, -0.05) is 11.8 Å². The van der Waals surface area contributed by atoms with Gasteiger partial charge in [0.25, 0.3) is 0 Å². The molecule has 0 amide bonds. The van der Waals surface area contributed by atoms with Gasteiger partial charge in [-0.3, -0.25) is 4.79 Å². The molecule has 0 aliphatic carbocycles. The second kappa shape index (κ2) is 6.43. The first-order valence-corrected chi connectivity index (χ1v) is 6.49. The fraction of sp³-hybridized carbons (Fsp3) is 0.500. The lowest BCUT2D eigenvalue weighted by Gasteiger charge is -2.22. The molecule has 1 aromatic heterocycles. The zero-order valence-electron chi connectivity index (χ0n) is 11.6. The monoisotopic (exact) mass is 297 g/mol. The van der Waals surface area contributed by atoms with Crippen LogP contribution in [0.25, 0.3) is 0 Å². The second-order valence-electron chi connectivity index (χ2n) is 4.40. The molecule has 1 atom stereocenters. The Labute approximate surface area is 120 Å². The molecule has 108 valence electrons. The Hall–Kier alpha value is -2.01. The summed E-state index contributed by atoms with van der Waals surface area (Å²) in [4.78, 5) is 19.4. The van der Waals surface area contributed by atoms with Gasteiger partial charge in [0.1, 0.15) is 5.25 Å². The van der Waals surface area contributed by atoms with Gasteiger partial charge in [-0.15, -0.1) is 0 Å². The number of carboxylic acids is 1. The van der Waals surface area contributed by atoms with E-state index in [1.807, 2.05) is 6.07 Å². The molecule has 8 heteroatoms. The van der Waals surface area contributed by atoms with E-state index >= 15 is 0 Å². The Morgan fingerprint density at radius 3 is 2.25 bits per heavy atom. The van der Waals surface area contributed by atoms with E-state index in [1.54, 1.807) is 13.8 Å². The Kier molecular flexibility index (Phi) is 5.16. The van der Waals surface area contributed by atoms with Gasteiger partial charge in [-0.2, -0.15) is 15.2 Å². The first-order valence-electron chi connectivity index (χ1n) is 5.62. The van der Waals surface area contributed by atoms with Crippen molar-refractivity contribution in [1.29, 1.82) is 5.26 Å². The largest absolute Gasteiger partial charge is 0.481 e. The third-order valence-electron chi connectivity index (χ3n) is 2.47. The van der Waals surface area contributed by atoms with Crippen molar-refractivity contribution in [1.82, 2.24) is 9.97 Å². The van der Waals surface area contributed by atoms with E-state index in [9.17, 15) is 9.90 Å². The molecule has 0 spiro atoms. The fourth-order valence-corrected chi connectivity index (χ4v) is 2.26. The van der Waals surface area contributed by atoms with Crippen LogP contribution in [0.15, 0.2) is 11.2 Å². The summed E-state index contributed by atoms with van der Waals surface area (Å²) in [7, 11) is 2.87. The normalized spacial score (nSPS) is 12.3. The summed E-state index contributed by atoms with van der Waals surface area (Å²) in [5.74, 6) is -0.580. The summed E-state index contributed by atoms with van der Waals surface area (Å²) < 4.78 is 9.99. The van der Waals surface area contributed by atoms with Crippen LogP contribution in [0.1, 0.15) is 13.8 Å². The van der Waals surface area contributed by atoms with E-state index in [4.69, 9.17) is 14.7 Å². The highest BCUT2D eigenvalue weighted by molar-refractivity contribution is 8.00. The van der Waals surface area contributed by atoms with Crippen LogP contribution >= 0.6 is 11.8 Å². The van der Waals surface area contributed by atoms with Crippen molar-refractivity contribution >= 4 is 17.7 Å². The molecule has 0 radical (unpaired) electrons. The van der Waals surface area contributed by atoms with Crippen LogP contribution in [-0.2, 0) is 4.79 Å². The zero-order valence-corrected chi connectivity index (χ0v) is 12.4. The molecule has 7 nitrogen and oxygen atoms in total. The molecule has 0 fully saturated rings. The smallest absolute Gasteiger partial charge is 0.318 e. The summed E-state index contributed by atoms with van der Waals surface area (Å²) >= 11 is 0.883. The lowest BCUT2D eigenvalue weighted by atomic mass is 9.91. The number of aromatic nitrogens is 2. The summed E-state index contributed by atoms with van der Waals surface area (Å²) in [6.45, 7) is 3.10. The highest BCUT2D eigenvalue weighted by Crippen LogP contribution is 2.35. The van der Waals surface area contributed by atoms with Gasteiger partial charge in [-0.25, -0.2) is 0 Å². The van der Waals surface area contributed by atoms with Crippen molar-refractivity contribution in [2.24, 2.45) is 5.41 Å². The third kappa shape index (κ3) is 3.74. The molecule has 0 saturated heterocycles. The predicted octanol–water partition coefficient (Wildman–Crippen LogP) is 1.59. The maximum atomic E-state index is 11.3. The van der Waals surface area contributed by atoms with Crippen LogP contribution in [0.4, 0.5) is 0 Å². The minimum Gasteiger partial charge on any atom is -0.481 e. The highest BCUT2D eigenvalue weighted by Gasteiger charge is 2.37. The zero-order chi connectivity index (χ0) is 15.3. The number of aliphatic carboxylic acids is 1. The molecule has 1 aromatic rings. The van der Waals surface area contributed by atoms with Gasteiger partial charge < -0.3 is 14.6 Å². The molecular formula is C12H15N3O4S. The summed E-state index contributed by atoms with van der Waals surface area (Å²) in [6, 6.07) is 3.46. The fourth-order valence-electron chi connectivity index (χ4n) is 1.32. The van der Waals surface area contributed by atoms with Crippen molar-refractivity contribution in [2.75, 3.05) is 14.2 Å². The summed E-state index contributed by atoms with van der Waals surface area (Å²) in [6.07, 6.45) is 0. The molecular weight excluding hydrogens is 282 g/mol. The number of carboxylic acid groups (broad SMARTS) is 1. The molecule has 1 heterocycles. The SMILES string of the molecule is COc1cc(OC)nc(SC(C(=O)O)C(C)(C)C#N)n1. The quantitative estimate of drug-likeness (QED) is 0.623. The Balaban J connectivity index is 3.12. The van der Waals surface area contributed by atoms with Crippen molar-refractivity contribution in [3.8, 4) is 17.8 Å². The second-order valence-corrected chi connectivity index (χ2v) is 5.48. The average Bonchev–Trinajstić information content (AvgIpc) is 2.43. The van der Waals surface area contributed by atoms with Crippen molar-refractivity contribution in [2.45, 2.75) is 24.3 Å². The minimum absolute atomic E-state index is 0.178. The molecule has 1 unspecified atom stereocenters. The predicted molar refractivity (Wildman–Crippen MR) is 71.8 cm³/mol. The number of nitriles is 1. The Morgan fingerprint density at radius 2 is 1.90 bits per heavy atom. The third-order valence-corrected chi connectivity index (χ3v) is 3.89. The molecule has 0 bridgehead atoms. The van der Waals surface area contributed by atoms with Crippen molar-refractivity contribution in [3.63, 3.8) is 0 Å². The first-order chi connectivity index (χ1) is 9.33. The number of ether oxygens (including phenoxy) is 2. The molecule has 0 aliphatic heterocycles. The average molecular weight is 297 g/mol. The van der Waals surface area contributed by atoms with E-state index in [-0.39, 0.29) is 16.9 Å². The number of carbonyl (C=O) groups is 1. The Morgan fingerprint density at radius 1 is 1.40 bits per heavy atom. The topological polar surface area (TPSA) is 105 Å². The molecule has 1 rings (SSSR count). The molecule has 20 heavy (non-hydrogen) atoms. The number of hydrogen-bond acceptors (Lipinski definition) is 7. The van der Waals surface area contributed by atoms with Crippen molar-refractivity contribution < 1.29 is 19.4 Å². The van der Waals surface area contributed by atoms with Crippen molar-refractivity contribution in [3.05, 3.63) is 6.07 Å².